The maximum atomic E-state index is 11.9. The quantitative estimate of drug-likeness (QED) is 0.601. The Morgan fingerprint density at radius 2 is 1.77 bits per heavy atom. The molecule has 0 radical (unpaired) electrons. The molecule has 0 heterocycles. The highest BCUT2D eigenvalue weighted by atomic mass is 35.5. The first-order valence-corrected chi connectivity index (χ1v) is 9.38. The fourth-order valence-electron chi connectivity index (χ4n) is 2.50. The van der Waals surface area contributed by atoms with Crippen molar-refractivity contribution in [3.8, 4) is 5.75 Å². The topological polar surface area (TPSA) is 50.4 Å². The standard InChI is InChI=1S/C20H24Cl2N2O2/c1-26-18-6-2-15(3-7-18)8-13-24-20(25)10-12-23-11-9-16-4-5-17(21)14-19(16)22/h2-7,14,23H,8-13H2,1H3,(H,24,25). The Hall–Kier alpha value is -1.75. The number of benzene rings is 2. The number of hydrogen-bond donors (Lipinski definition) is 2. The highest BCUT2D eigenvalue weighted by Crippen LogP contribution is 2.21. The van der Waals surface area contributed by atoms with Gasteiger partial charge in [-0.15, -0.1) is 0 Å². The molecule has 0 fully saturated rings. The zero-order chi connectivity index (χ0) is 18.8. The molecule has 2 N–H and O–H groups in total. The Kier molecular flexibility index (Phi) is 8.75. The van der Waals surface area contributed by atoms with Crippen LogP contribution in [0.3, 0.4) is 0 Å². The average Bonchev–Trinajstić information content (AvgIpc) is 2.63. The SMILES string of the molecule is COc1ccc(CCNC(=O)CCNCCc2ccc(Cl)cc2Cl)cc1. The fourth-order valence-corrected chi connectivity index (χ4v) is 3.00. The van der Waals surface area contributed by atoms with Gasteiger partial charge in [0.2, 0.25) is 5.91 Å². The molecule has 0 atom stereocenters. The van der Waals surface area contributed by atoms with Crippen molar-refractivity contribution >= 4 is 29.1 Å². The molecular weight excluding hydrogens is 371 g/mol. The number of carbonyl (C=O) groups is 1. The molecule has 0 aliphatic heterocycles. The second kappa shape index (κ2) is 11.1. The number of carbonyl (C=O) groups excluding carboxylic acids is 1. The van der Waals surface area contributed by atoms with Gasteiger partial charge in [-0.2, -0.15) is 0 Å². The van der Waals surface area contributed by atoms with Crippen molar-refractivity contribution in [1.29, 1.82) is 0 Å². The van der Waals surface area contributed by atoms with Crippen LogP contribution in [0.5, 0.6) is 5.75 Å². The number of ether oxygens (including phenoxy) is 1. The van der Waals surface area contributed by atoms with Crippen molar-refractivity contribution in [1.82, 2.24) is 10.6 Å². The fraction of sp³-hybridized carbons (Fsp3) is 0.350. The molecular formula is C20H24Cl2N2O2. The molecule has 0 spiro atoms. The summed E-state index contributed by atoms with van der Waals surface area (Å²) in [5, 5.41) is 7.51. The molecule has 26 heavy (non-hydrogen) atoms. The molecule has 0 aliphatic carbocycles. The van der Waals surface area contributed by atoms with Crippen LogP contribution in [0, 0.1) is 0 Å². The number of amides is 1. The van der Waals surface area contributed by atoms with Crippen molar-refractivity contribution in [3.63, 3.8) is 0 Å². The summed E-state index contributed by atoms with van der Waals surface area (Å²) in [5.74, 6) is 0.888. The minimum atomic E-state index is 0.0514. The normalized spacial score (nSPS) is 10.6. The number of hydrogen-bond acceptors (Lipinski definition) is 3. The van der Waals surface area contributed by atoms with Crippen LogP contribution in [0.25, 0.3) is 0 Å². The van der Waals surface area contributed by atoms with Gasteiger partial charge in [-0.25, -0.2) is 0 Å². The highest BCUT2D eigenvalue weighted by molar-refractivity contribution is 6.35. The minimum Gasteiger partial charge on any atom is -0.497 e. The van der Waals surface area contributed by atoms with Crippen LogP contribution in [0.1, 0.15) is 17.5 Å². The number of halogens is 2. The van der Waals surface area contributed by atoms with Crippen LogP contribution < -0.4 is 15.4 Å². The van der Waals surface area contributed by atoms with Gasteiger partial charge in [0.25, 0.3) is 0 Å². The van der Waals surface area contributed by atoms with E-state index in [9.17, 15) is 4.79 Å². The molecule has 6 heteroatoms. The Labute approximate surface area is 164 Å². The third-order valence-electron chi connectivity index (χ3n) is 4.01. The first-order chi connectivity index (χ1) is 12.6. The summed E-state index contributed by atoms with van der Waals surface area (Å²) in [6.45, 7) is 2.03. The molecule has 2 aromatic carbocycles. The molecule has 0 unspecified atom stereocenters. The van der Waals surface area contributed by atoms with E-state index in [4.69, 9.17) is 27.9 Å². The third kappa shape index (κ3) is 7.24. The summed E-state index contributed by atoms with van der Waals surface area (Å²) in [4.78, 5) is 11.9. The monoisotopic (exact) mass is 394 g/mol. The van der Waals surface area contributed by atoms with Gasteiger partial charge in [-0.05, 0) is 54.8 Å². The zero-order valence-electron chi connectivity index (χ0n) is 14.9. The van der Waals surface area contributed by atoms with E-state index in [1.807, 2.05) is 36.4 Å². The maximum Gasteiger partial charge on any atom is 0.221 e. The van der Waals surface area contributed by atoms with E-state index >= 15 is 0 Å². The van der Waals surface area contributed by atoms with Crippen LogP contribution in [-0.2, 0) is 17.6 Å². The van der Waals surface area contributed by atoms with Crippen LogP contribution in [0.2, 0.25) is 10.0 Å². The smallest absolute Gasteiger partial charge is 0.221 e. The summed E-state index contributed by atoms with van der Waals surface area (Å²) in [6, 6.07) is 13.4. The summed E-state index contributed by atoms with van der Waals surface area (Å²) in [5.41, 5.74) is 2.22. The van der Waals surface area contributed by atoms with Crippen molar-refractivity contribution < 1.29 is 9.53 Å². The second-order valence-corrected chi connectivity index (χ2v) is 6.78. The van der Waals surface area contributed by atoms with Gasteiger partial charge in [0.05, 0.1) is 7.11 Å². The van der Waals surface area contributed by atoms with E-state index in [-0.39, 0.29) is 5.91 Å². The van der Waals surface area contributed by atoms with Gasteiger partial charge in [0.15, 0.2) is 0 Å². The Morgan fingerprint density at radius 3 is 2.46 bits per heavy atom. The van der Waals surface area contributed by atoms with Gasteiger partial charge in [0, 0.05) is 29.6 Å². The highest BCUT2D eigenvalue weighted by Gasteiger charge is 2.03. The zero-order valence-corrected chi connectivity index (χ0v) is 16.4. The first kappa shape index (κ1) is 20.6. The predicted molar refractivity (Wildman–Crippen MR) is 107 cm³/mol. The molecule has 140 valence electrons. The summed E-state index contributed by atoms with van der Waals surface area (Å²) < 4.78 is 5.13. The van der Waals surface area contributed by atoms with E-state index in [2.05, 4.69) is 10.6 Å². The van der Waals surface area contributed by atoms with E-state index < -0.39 is 0 Å². The Bertz CT molecular complexity index is 705. The Morgan fingerprint density at radius 1 is 1.00 bits per heavy atom. The second-order valence-electron chi connectivity index (χ2n) is 5.93. The van der Waals surface area contributed by atoms with Crippen molar-refractivity contribution in [2.75, 3.05) is 26.7 Å². The molecule has 0 aliphatic rings. The summed E-state index contributed by atoms with van der Waals surface area (Å²) in [7, 11) is 1.65. The molecule has 4 nitrogen and oxygen atoms in total. The van der Waals surface area contributed by atoms with Gasteiger partial charge < -0.3 is 15.4 Å². The van der Waals surface area contributed by atoms with E-state index in [1.54, 1.807) is 13.2 Å². The van der Waals surface area contributed by atoms with Crippen LogP contribution in [0.4, 0.5) is 0 Å². The molecule has 2 aromatic rings. The molecule has 0 saturated heterocycles. The van der Waals surface area contributed by atoms with Crippen LogP contribution in [-0.4, -0.2) is 32.7 Å². The molecule has 0 saturated carbocycles. The lowest BCUT2D eigenvalue weighted by Gasteiger charge is -2.08. The largest absolute Gasteiger partial charge is 0.497 e. The van der Waals surface area contributed by atoms with E-state index in [0.717, 1.165) is 30.7 Å². The molecule has 2 rings (SSSR count). The van der Waals surface area contributed by atoms with Gasteiger partial charge in [-0.1, -0.05) is 41.4 Å². The molecule has 1 amide bonds. The van der Waals surface area contributed by atoms with E-state index in [0.29, 0.717) is 29.6 Å². The molecule has 0 bridgehead atoms. The van der Waals surface area contributed by atoms with Crippen molar-refractivity contribution in [2.24, 2.45) is 0 Å². The van der Waals surface area contributed by atoms with Crippen molar-refractivity contribution in [2.45, 2.75) is 19.3 Å². The minimum absolute atomic E-state index is 0.0514. The predicted octanol–water partition coefficient (Wildman–Crippen LogP) is 3.88. The Balaban J connectivity index is 1.55. The molecule has 0 aromatic heterocycles. The van der Waals surface area contributed by atoms with Gasteiger partial charge in [0.1, 0.15) is 5.75 Å². The number of nitrogens with one attached hydrogen (secondary N) is 2. The average molecular weight is 395 g/mol. The maximum absolute atomic E-state index is 11.9. The lowest BCUT2D eigenvalue weighted by atomic mass is 10.1. The van der Waals surface area contributed by atoms with Crippen molar-refractivity contribution in [3.05, 3.63) is 63.6 Å². The third-order valence-corrected chi connectivity index (χ3v) is 4.60. The van der Waals surface area contributed by atoms with Crippen LogP contribution >= 0.6 is 23.2 Å². The van der Waals surface area contributed by atoms with E-state index in [1.165, 1.54) is 5.56 Å². The van der Waals surface area contributed by atoms with Gasteiger partial charge >= 0.3 is 0 Å². The summed E-state index contributed by atoms with van der Waals surface area (Å²) in [6.07, 6.45) is 2.06. The first-order valence-electron chi connectivity index (χ1n) is 8.63. The number of methoxy groups -OCH3 is 1. The lowest BCUT2D eigenvalue weighted by molar-refractivity contribution is -0.120. The lowest BCUT2D eigenvalue weighted by Crippen LogP contribution is -2.29. The summed E-state index contributed by atoms with van der Waals surface area (Å²) >= 11 is 12.0. The van der Waals surface area contributed by atoms with Gasteiger partial charge in [-0.3, -0.25) is 4.79 Å². The number of rotatable bonds is 10. The van der Waals surface area contributed by atoms with Crippen LogP contribution in [0.15, 0.2) is 42.5 Å².